The molecule has 0 unspecified atom stereocenters. The highest BCUT2D eigenvalue weighted by Crippen LogP contribution is 2.35. The van der Waals surface area contributed by atoms with Crippen molar-refractivity contribution in [1.82, 2.24) is 14.9 Å². The molecule has 1 N–H and O–H groups in total. The van der Waals surface area contributed by atoms with Crippen LogP contribution in [0.4, 0.5) is 11.6 Å². The van der Waals surface area contributed by atoms with Crippen LogP contribution >= 0.6 is 11.8 Å². The topological polar surface area (TPSA) is 108 Å². The summed E-state index contributed by atoms with van der Waals surface area (Å²) >= 11 is 1.47. The highest BCUT2D eigenvalue weighted by molar-refractivity contribution is 8.15. The molecule has 2 saturated heterocycles. The molecule has 0 aliphatic carbocycles. The number of hydrogen-bond acceptors (Lipinski definition) is 9. The summed E-state index contributed by atoms with van der Waals surface area (Å²) in [5.41, 5.74) is 2.44. The summed E-state index contributed by atoms with van der Waals surface area (Å²) in [4.78, 5) is 30.2. The number of carbonyl (C=O) groups is 1. The van der Waals surface area contributed by atoms with Gasteiger partial charge in [-0.3, -0.25) is 9.79 Å². The zero-order chi connectivity index (χ0) is 22.3. The van der Waals surface area contributed by atoms with Gasteiger partial charge in [-0.05, 0) is 30.7 Å². The second kappa shape index (κ2) is 8.36. The van der Waals surface area contributed by atoms with Crippen molar-refractivity contribution in [2.45, 2.75) is 18.2 Å². The third kappa shape index (κ3) is 4.31. The Kier molecular flexibility index (Phi) is 5.54. The molecular formula is C21H24N6O3S2. The van der Waals surface area contributed by atoms with E-state index in [1.807, 2.05) is 30.0 Å². The molecule has 1 aromatic heterocycles. The van der Waals surface area contributed by atoms with E-state index in [2.05, 4.69) is 25.2 Å². The first-order valence-corrected chi connectivity index (χ1v) is 13.2. The number of carbonyl (C=O) groups excluding carboxylic acids is 1. The summed E-state index contributed by atoms with van der Waals surface area (Å²) in [6.45, 7) is 4.56. The number of benzene rings is 1. The first kappa shape index (κ1) is 21.2. The molecule has 3 aliphatic rings. The number of fused-ring (bicyclic) bond motifs is 1. The lowest BCUT2D eigenvalue weighted by Crippen LogP contribution is -2.49. The van der Waals surface area contributed by atoms with Crippen LogP contribution in [0.15, 0.2) is 41.7 Å². The van der Waals surface area contributed by atoms with Gasteiger partial charge in [0.25, 0.3) is 5.91 Å². The summed E-state index contributed by atoms with van der Waals surface area (Å²) in [7, 11) is -2.98. The number of aliphatic imine (C=N–C) groups is 1. The van der Waals surface area contributed by atoms with E-state index in [0.29, 0.717) is 37.7 Å². The predicted octanol–water partition coefficient (Wildman–Crippen LogP) is 1.43. The maximum Gasteiger partial charge on any atom is 0.254 e. The number of hydrogen-bond donors (Lipinski definition) is 1. The Morgan fingerprint density at radius 1 is 1.12 bits per heavy atom. The van der Waals surface area contributed by atoms with E-state index < -0.39 is 9.84 Å². The van der Waals surface area contributed by atoms with Crippen LogP contribution in [0.3, 0.4) is 0 Å². The van der Waals surface area contributed by atoms with E-state index in [4.69, 9.17) is 0 Å². The number of anilines is 2. The molecule has 5 rings (SSSR count). The SMILES string of the molecule is Cc1ccc(C(=O)N2CCN(c3ncccn3)CC2)cc1NC1=N[C@H]2CS(=O)(=O)C[C@@H]2S1. The summed E-state index contributed by atoms with van der Waals surface area (Å²) < 4.78 is 23.6. The number of aryl methyl sites for hydroxylation is 1. The first-order chi connectivity index (χ1) is 15.4. The fourth-order valence-electron chi connectivity index (χ4n) is 4.17. The standard InChI is InChI=1S/C21H24N6O3S2/c1-14-3-4-15(11-16(14)24-21-25-17-12-32(29,30)13-18(17)31-21)19(28)26-7-9-27(10-8-26)20-22-5-2-6-23-20/h2-6,11,17-18H,7-10,12-13H2,1H3,(H,24,25)/t17-,18-/m0/s1. The number of sulfone groups is 1. The van der Waals surface area contributed by atoms with Crippen LogP contribution in [-0.4, -0.2) is 83.3 Å². The van der Waals surface area contributed by atoms with Crippen LogP contribution in [0.1, 0.15) is 15.9 Å². The lowest BCUT2D eigenvalue weighted by Gasteiger charge is -2.34. The van der Waals surface area contributed by atoms with Crippen molar-refractivity contribution in [2.75, 3.05) is 47.9 Å². The van der Waals surface area contributed by atoms with Gasteiger partial charge >= 0.3 is 0 Å². The number of nitrogens with one attached hydrogen (secondary N) is 1. The molecule has 2 aromatic rings. The molecule has 0 spiro atoms. The van der Waals surface area contributed by atoms with Crippen molar-refractivity contribution in [1.29, 1.82) is 0 Å². The summed E-state index contributed by atoms with van der Waals surface area (Å²) in [6, 6.07) is 7.24. The molecule has 1 aromatic carbocycles. The van der Waals surface area contributed by atoms with Crippen LogP contribution < -0.4 is 10.2 Å². The normalized spacial score (nSPS) is 24.2. The number of aromatic nitrogens is 2. The molecule has 1 amide bonds. The van der Waals surface area contributed by atoms with Crippen LogP contribution in [0, 0.1) is 6.92 Å². The van der Waals surface area contributed by atoms with Crippen molar-refractivity contribution < 1.29 is 13.2 Å². The van der Waals surface area contributed by atoms with Gasteiger partial charge in [-0.25, -0.2) is 18.4 Å². The Hall–Kier alpha value is -2.66. The number of rotatable bonds is 3. The third-order valence-electron chi connectivity index (χ3n) is 5.95. The van der Waals surface area contributed by atoms with Gasteiger partial charge in [-0.1, -0.05) is 17.8 Å². The average Bonchev–Trinajstić information content (AvgIpc) is 3.28. The summed E-state index contributed by atoms with van der Waals surface area (Å²) in [5, 5.41) is 4.02. The van der Waals surface area contributed by atoms with E-state index in [-0.39, 0.29) is 28.7 Å². The van der Waals surface area contributed by atoms with Gasteiger partial charge in [0.2, 0.25) is 5.95 Å². The van der Waals surface area contributed by atoms with Gasteiger partial charge in [-0.15, -0.1) is 0 Å². The van der Waals surface area contributed by atoms with Gasteiger partial charge in [0, 0.05) is 55.1 Å². The second-order valence-corrected chi connectivity index (χ2v) is 11.6. The molecule has 0 radical (unpaired) electrons. The van der Waals surface area contributed by atoms with E-state index in [9.17, 15) is 13.2 Å². The largest absolute Gasteiger partial charge is 0.337 e. The smallest absolute Gasteiger partial charge is 0.254 e. The predicted molar refractivity (Wildman–Crippen MR) is 126 cm³/mol. The Labute approximate surface area is 191 Å². The molecule has 9 nitrogen and oxygen atoms in total. The van der Waals surface area contributed by atoms with Crippen molar-refractivity contribution in [3.05, 3.63) is 47.8 Å². The van der Waals surface area contributed by atoms with Crippen LogP contribution in [0.5, 0.6) is 0 Å². The maximum atomic E-state index is 13.1. The zero-order valence-electron chi connectivity index (χ0n) is 17.6. The minimum Gasteiger partial charge on any atom is -0.337 e. The fourth-order valence-corrected chi connectivity index (χ4v) is 7.84. The summed E-state index contributed by atoms with van der Waals surface area (Å²) in [5.74, 6) is 0.974. The quantitative estimate of drug-likeness (QED) is 0.715. The molecule has 0 saturated carbocycles. The molecule has 3 aliphatic heterocycles. The molecule has 168 valence electrons. The lowest BCUT2D eigenvalue weighted by atomic mass is 10.1. The lowest BCUT2D eigenvalue weighted by molar-refractivity contribution is 0.0746. The highest BCUT2D eigenvalue weighted by atomic mass is 32.2. The number of thioether (sulfide) groups is 1. The minimum atomic E-state index is -2.98. The number of amides is 1. The molecular weight excluding hydrogens is 448 g/mol. The van der Waals surface area contributed by atoms with Gasteiger partial charge in [0.1, 0.15) is 0 Å². The fraction of sp³-hybridized carbons (Fsp3) is 0.429. The third-order valence-corrected chi connectivity index (χ3v) is 9.09. The van der Waals surface area contributed by atoms with Gasteiger partial charge in [-0.2, -0.15) is 0 Å². The Morgan fingerprint density at radius 2 is 1.88 bits per heavy atom. The second-order valence-electron chi connectivity index (χ2n) is 8.22. The van der Waals surface area contributed by atoms with E-state index in [1.165, 1.54) is 11.8 Å². The highest BCUT2D eigenvalue weighted by Gasteiger charge is 2.42. The van der Waals surface area contributed by atoms with Gasteiger partial charge < -0.3 is 15.1 Å². The van der Waals surface area contributed by atoms with Crippen molar-refractivity contribution in [3.8, 4) is 0 Å². The van der Waals surface area contributed by atoms with Crippen molar-refractivity contribution in [2.24, 2.45) is 4.99 Å². The molecule has 2 atom stereocenters. The van der Waals surface area contributed by atoms with Crippen molar-refractivity contribution in [3.63, 3.8) is 0 Å². The minimum absolute atomic E-state index is 0.00865. The number of piperazine rings is 1. The maximum absolute atomic E-state index is 13.1. The van der Waals surface area contributed by atoms with Gasteiger partial charge in [0.05, 0.1) is 17.5 Å². The number of amidine groups is 1. The molecule has 4 heterocycles. The molecule has 32 heavy (non-hydrogen) atoms. The summed E-state index contributed by atoms with van der Waals surface area (Å²) in [6.07, 6.45) is 3.44. The van der Waals surface area contributed by atoms with Crippen LogP contribution in [0.25, 0.3) is 0 Å². The van der Waals surface area contributed by atoms with Crippen molar-refractivity contribution >= 4 is 44.3 Å². The zero-order valence-corrected chi connectivity index (χ0v) is 19.3. The molecule has 0 bridgehead atoms. The number of nitrogens with zero attached hydrogens (tertiary/aromatic N) is 5. The monoisotopic (exact) mass is 472 g/mol. The van der Waals surface area contributed by atoms with Gasteiger partial charge in [0.15, 0.2) is 15.0 Å². The molecule has 11 heteroatoms. The van der Waals surface area contributed by atoms with E-state index in [1.54, 1.807) is 18.5 Å². The van der Waals surface area contributed by atoms with E-state index >= 15 is 0 Å². The first-order valence-electron chi connectivity index (χ1n) is 10.5. The Balaban J connectivity index is 1.25. The van der Waals surface area contributed by atoms with Crippen LogP contribution in [-0.2, 0) is 9.84 Å². The average molecular weight is 473 g/mol. The van der Waals surface area contributed by atoms with E-state index in [0.717, 1.165) is 16.4 Å². The van der Waals surface area contributed by atoms with Crippen LogP contribution in [0.2, 0.25) is 0 Å². The Morgan fingerprint density at radius 3 is 2.59 bits per heavy atom. The Bertz CT molecular complexity index is 1160. The molecule has 2 fully saturated rings.